The lowest BCUT2D eigenvalue weighted by atomic mass is 10.0. The van der Waals surface area contributed by atoms with Gasteiger partial charge in [0, 0.05) is 0 Å². The van der Waals surface area contributed by atoms with Crippen LogP contribution in [0.1, 0.15) is 24.2 Å². The lowest BCUT2D eigenvalue weighted by molar-refractivity contribution is -0.143. The van der Waals surface area contributed by atoms with Gasteiger partial charge in [-0.25, -0.2) is 4.79 Å². The van der Waals surface area contributed by atoms with Crippen LogP contribution in [-0.2, 0) is 4.79 Å². The minimum atomic E-state index is -1.37. The number of carboxylic acid groups (broad SMARTS) is 1. The van der Waals surface area contributed by atoms with E-state index in [1.165, 1.54) is 34.1 Å². The molecule has 104 valence electrons. The first kappa shape index (κ1) is 14.8. The van der Waals surface area contributed by atoms with Crippen molar-refractivity contribution in [3.05, 3.63) is 23.8 Å². The summed E-state index contributed by atoms with van der Waals surface area (Å²) in [5, 5.41) is 11.4. The Hall–Kier alpha value is -2.24. The van der Waals surface area contributed by atoms with E-state index in [0.717, 1.165) is 0 Å². The molecule has 6 heteroatoms. The molecule has 0 saturated carbocycles. The smallest absolute Gasteiger partial charge is 0.328 e. The zero-order chi connectivity index (χ0) is 14.6. The Labute approximate surface area is 111 Å². The number of carbonyl (C=O) groups excluding carboxylic acids is 1. The molecule has 19 heavy (non-hydrogen) atoms. The molecule has 0 aliphatic carbocycles. The highest BCUT2D eigenvalue weighted by atomic mass is 16.5. The highest BCUT2D eigenvalue weighted by Gasteiger charge is 2.30. The molecule has 0 aliphatic heterocycles. The number of ether oxygens (including phenoxy) is 2. The molecule has 0 radical (unpaired) electrons. The number of benzene rings is 1. The van der Waals surface area contributed by atoms with Crippen molar-refractivity contribution >= 4 is 11.9 Å². The molecule has 6 nitrogen and oxygen atoms in total. The van der Waals surface area contributed by atoms with E-state index in [1.807, 2.05) is 0 Å². The third-order valence-electron chi connectivity index (χ3n) is 2.61. The number of carbonyl (C=O) groups is 2. The summed E-state index contributed by atoms with van der Waals surface area (Å²) in [6, 6.07) is 4.82. The number of aliphatic carboxylic acids is 1. The standard InChI is InChI=1S/C13H17NO5/c1-13(2,12(16)17)14-11(15)8-6-5-7-9(18-3)10(8)19-4/h5-7H,1-4H3,(H,14,15)(H,16,17). The molecule has 0 aliphatic rings. The van der Waals surface area contributed by atoms with E-state index in [9.17, 15) is 9.59 Å². The molecule has 1 amide bonds. The molecule has 0 unspecified atom stereocenters. The molecule has 2 N–H and O–H groups in total. The van der Waals surface area contributed by atoms with Crippen molar-refractivity contribution in [2.24, 2.45) is 0 Å². The Bertz CT molecular complexity index is 496. The van der Waals surface area contributed by atoms with Crippen molar-refractivity contribution in [1.82, 2.24) is 5.32 Å². The summed E-state index contributed by atoms with van der Waals surface area (Å²) in [6.07, 6.45) is 0. The van der Waals surface area contributed by atoms with Crippen LogP contribution in [0.25, 0.3) is 0 Å². The van der Waals surface area contributed by atoms with Gasteiger partial charge in [0.25, 0.3) is 5.91 Å². The van der Waals surface area contributed by atoms with Crippen LogP contribution in [0.2, 0.25) is 0 Å². The SMILES string of the molecule is COc1cccc(C(=O)NC(C)(C)C(=O)O)c1OC. The van der Waals surface area contributed by atoms with Gasteiger partial charge in [0.2, 0.25) is 0 Å². The summed E-state index contributed by atoms with van der Waals surface area (Å²) in [5.74, 6) is -0.988. The van der Waals surface area contributed by atoms with Gasteiger partial charge in [-0.15, -0.1) is 0 Å². The summed E-state index contributed by atoms with van der Waals surface area (Å²) in [5.41, 5.74) is -1.15. The highest BCUT2D eigenvalue weighted by Crippen LogP contribution is 2.30. The number of rotatable bonds is 5. The summed E-state index contributed by atoms with van der Waals surface area (Å²) in [4.78, 5) is 23.1. The number of methoxy groups -OCH3 is 2. The Kier molecular flexibility index (Phi) is 4.37. The predicted molar refractivity (Wildman–Crippen MR) is 68.7 cm³/mol. The van der Waals surface area contributed by atoms with Crippen LogP contribution in [0, 0.1) is 0 Å². The molecule has 0 fully saturated rings. The van der Waals surface area contributed by atoms with Crippen molar-refractivity contribution < 1.29 is 24.2 Å². The maximum absolute atomic E-state index is 12.1. The summed E-state index contributed by atoms with van der Waals surface area (Å²) >= 11 is 0. The van der Waals surface area contributed by atoms with E-state index in [0.29, 0.717) is 5.75 Å². The predicted octanol–water partition coefficient (Wildman–Crippen LogP) is 1.30. The quantitative estimate of drug-likeness (QED) is 0.839. The zero-order valence-corrected chi connectivity index (χ0v) is 11.3. The van der Waals surface area contributed by atoms with Gasteiger partial charge in [0.1, 0.15) is 5.54 Å². The summed E-state index contributed by atoms with van der Waals surface area (Å²) in [7, 11) is 2.87. The molecule has 1 aromatic rings. The largest absolute Gasteiger partial charge is 0.493 e. The Morgan fingerprint density at radius 1 is 1.21 bits per heavy atom. The van der Waals surface area contributed by atoms with Crippen LogP contribution >= 0.6 is 0 Å². The van der Waals surface area contributed by atoms with E-state index in [-0.39, 0.29) is 11.3 Å². The lowest BCUT2D eigenvalue weighted by Gasteiger charge is -2.22. The number of amides is 1. The molecule has 0 aromatic heterocycles. The average Bonchev–Trinajstić information content (AvgIpc) is 2.36. The normalized spacial score (nSPS) is 10.7. The number of nitrogens with one attached hydrogen (secondary N) is 1. The summed E-state index contributed by atoms with van der Waals surface area (Å²) in [6.45, 7) is 2.81. The van der Waals surface area contributed by atoms with Gasteiger partial charge >= 0.3 is 5.97 Å². The Morgan fingerprint density at radius 2 is 1.84 bits per heavy atom. The zero-order valence-electron chi connectivity index (χ0n) is 11.3. The van der Waals surface area contributed by atoms with Gasteiger partial charge < -0.3 is 19.9 Å². The highest BCUT2D eigenvalue weighted by molar-refractivity contribution is 6.00. The molecule has 0 saturated heterocycles. The van der Waals surface area contributed by atoms with Gasteiger partial charge in [-0.3, -0.25) is 4.79 Å². The summed E-state index contributed by atoms with van der Waals surface area (Å²) < 4.78 is 10.2. The van der Waals surface area contributed by atoms with Crippen molar-refractivity contribution in [3.63, 3.8) is 0 Å². The average molecular weight is 267 g/mol. The van der Waals surface area contributed by atoms with Crippen LogP contribution in [0.15, 0.2) is 18.2 Å². The lowest BCUT2D eigenvalue weighted by Crippen LogP contribution is -2.49. The van der Waals surface area contributed by atoms with E-state index in [2.05, 4.69) is 5.32 Å². The molecule has 1 aromatic carbocycles. The van der Waals surface area contributed by atoms with E-state index >= 15 is 0 Å². The van der Waals surface area contributed by atoms with E-state index in [1.54, 1.807) is 12.1 Å². The Balaban J connectivity index is 3.10. The van der Waals surface area contributed by atoms with Gasteiger partial charge in [-0.2, -0.15) is 0 Å². The number of carboxylic acids is 1. The molecule has 0 heterocycles. The second kappa shape index (κ2) is 5.60. The number of hydrogen-bond acceptors (Lipinski definition) is 4. The van der Waals surface area contributed by atoms with Crippen LogP contribution < -0.4 is 14.8 Å². The fourth-order valence-electron chi connectivity index (χ4n) is 1.47. The topological polar surface area (TPSA) is 84.9 Å². The first-order chi connectivity index (χ1) is 8.83. The Morgan fingerprint density at radius 3 is 2.32 bits per heavy atom. The van der Waals surface area contributed by atoms with Crippen LogP contribution in [0.3, 0.4) is 0 Å². The molecule has 0 atom stereocenters. The van der Waals surface area contributed by atoms with Crippen LogP contribution in [-0.4, -0.2) is 36.7 Å². The second-order valence-electron chi connectivity index (χ2n) is 4.43. The van der Waals surface area contributed by atoms with E-state index in [4.69, 9.17) is 14.6 Å². The van der Waals surface area contributed by atoms with Gasteiger partial charge in [0.05, 0.1) is 19.8 Å². The van der Waals surface area contributed by atoms with Crippen molar-refractivity contribution in [3.8, 4) is 11.5 Å². The first-order valence-electron chi connectivity index (χ1n) is 5.60. The van der Waals surface area contributed by atoms with Crippen molar-refractivity contribution in [1.29, 1.82) is 0 Å². The van der Waals surface area contributed by atoms with E-state index < -0.39 is 17.4 Å². The minimum absolute atomic E-state index is 0.219. The maximum atomic E-state index is 12.1. The maximum Gasteiger partial charge on any atom is 0.328 e. The van der Waals surface area contributed by atoms with Crippen LogP contribution in [0.5, 0.6) is 11.5 Å². The first-order valence-corrected chi connectivity index (χ1v) is 5.60. The number of para-hydroxylation sites is 1. The third-order valence-corrected chi connectivity index (χ3v) is 2.61. The molecule has 1 rings (SSSR count). The third kappa shape index (κ3) is 3.15. The molecular weight excluding hydrogens is 250 g/mol. The van der Waals surface area contributed by atoms with Gasteiger partial charge in [-0.1, -0.05) is 6.07 Å². The van der Waals surface area contributed by atoms with Crippen LogP contribution in [0.4, 0.5) is 0 Å². The fourth-order valence-corrected chi connectivity index (χ4v) is 1.47. The van der Waals surface area contributed by atoms with Gasteiger partial charge in [-0.05, 0) is 26.0 Å². The fraction of sp³-hybridized carbons (Fsp3) is 0.385. The minimum Gasteiger partial charge on any atom is -0.493 e. The monoisotopic (exact) mass is 267 g/mol. The molecule has 0 spiro atoms. The second-order valence-corrected chi connectivity index (χ2v) is 4.43. The molecule has 0 bridgehead atoms. The van der Waals surface area contributed by atoms with Crippen molar-refractivity contribution in [2.75, 3.05) is 14.2 Å². The number of hydrogen-bond donors (Lipinski definition) is 2. The van der Waals surface area contributed by atoms with Gasteiger partial charge in [0.15, 0.2) is 11.5 Å². The molecular formula is C13H17NO5. The van der Waals surface area contributed by atoms with Crippen molar-refractivity contribution in [2.45, 2.75) is 19.4 Å².